The number of non-ortho nitro benzene ring substituents is 1. The molecular weight excluding hydrogens is 260 g/mol. The molecule has 0 aromatic heterocycles. The molecule has 0 aliphatic heterocycles. The van der Waals surface area contributed by atoms with E-state index in [-0.39, 0.29) is 5.69 Å². The molecule has 0 heterocycles. The number of hydrogen-bond donors (Lipinski definition) is 1. The standard InChI is InChI=1S/C13H12N4O3/c1-20-13-7-4-10(8-12(13)14)16-15-9-2-5-11(6-3-9)17(18)19/h2-8H,14H2,1H3. The van der Waals surface area contributed by atoms with E-state index in [0.717, 1.165) is 0 Å². The Morgan fingerprint density at radius 3 is 2.25 bits per heavy atom. The number of nitro benzene ring substituents is 1. The second-order valence-electron chi connectivity index (χ2n) is 3.90. The summed E-state index contributed by atoms with van der Waals surface area (Å²) in [5.74, 6) is 0.569. The molecule has 0 aliphatic carbocycles. The third kappa shape index (κ3) is 3.08. The van der Waals surface area contributed by atoms with E-state index >= 15 is 0 Å². The highest BCUT2D eigenvalue weighted by Crippen LogP contribution is 2.27. The summed E-state index contributed by atoms with van der Waals surface area (Å²) >= 11 is 0. The van der Waals surface area contributed by atoms with Crippen molar-refractivity contribution in [3.63, 3.8) is 0 Å². The molecule has 2 rings (SSSR count). The lowest BCUT2D eigenvalue weighted by Crippen LogP contribution is -1.90. The maximum absolute atomic E-state index is 10.5. The molecule has 102 valence electrons. The van der Waals surface area contributed by atoms with Crippen LogP contribution in [0.2, 0.25) is 0 Å². The first-order valence-electron chi connectivity index (χ1n) is 5.70. The molecule has 0 aliphatic rings. The lowest BCUT2D eigenvalue weighted by atomic mass is 10.2. The number of ether oxygens (including phenoxy) is 1. The third-order valence-corrected chi connectivity index (χ3v) is 2.55. The second kappa shape index (κ2) is 5.79. The molecule has 2 aromatic rings. The average Bonchev–Trinajstić information content (AvgIpc) is 2.45. The van der Waals surface area contributed by atoms with Crippen LogP contribution in [0.15, 0.2) is 52.7 Å². The fourth-order valence-electron chi connectivity index (χ4n) is 1.54. The quantitative estimate of drug-likeness (QED) is 0.397. The van der Waals surface area contributed by atoms with Gasteiger partial charge in [0.25, 0.3) is 5.69 Å². The Labute approximate surface area is 114 Å². The predicted octanol–water partition coefficient (Wildman–Crippen LogP) is 3.60. The minimum Gasteiger partial charge on any atom is -0.495 e. The predicted molar refractivity (Wildman–Crippen MR) is 74.7 cm³/mol. The largest absolute Gasteiger partial charge is 0.495 e. The molecule has 2 N–H and O–H groups in total. The molecule has 0 radical (unpaired) electrons. The molecule has 7 heteroatoms. The van der Waals surface area contributed by atoms with Crippen LogP contribution in [0.1, 0.15) is 0 Å². The van der Waals surface area contributed by atoms with Crippen LogP contribution in [0.4, 0.5) is 22.7 Å². The summed E-state index contributed by atoms with van der Waals surface area (Å²) in [6.45, 7) is 0. The van der Waals surface area contributed by atoms with E-state index in [9.17, 15) is 10.1 Å². The van der Waals surface area contributed by atoms with Crippen LogP contribution < -0.4 is 10.5 Å². The van der Waals surface area contributed by atoms with Gasteiger partial charge in [-0.2, -0.15) is 10.2 Å². The number of nitrogen functional groups attached to an aromatic ring is 1. The van der Waals surface area contributed by atoms with Crippen molar-refractivity contribution in [2.75, 3.05) is 12.8 Å². The van der Waals surface area contributed by atoms with Crippen molar-refractivity contribution in [2.24, 2.45) is 10.2 Å². The van der Waals surface area contributed by atoms with E-state index in [4.69, 9.17) is 10.5 Å². The van der Waals surface area contributed by atoms with Gasteiger partial charge in [-0.25, -0.2) is 0 Å². The molecule has 0 amide bonds. The van der Waals surface area contributed by atoms with Crippen LogP contribution in [0, 0.1) is 10.1 Å². The number of nitro groups is 1. The van der Waals surface area contributed by atoms with Crippen LogP contribution in [0.3, 0.4) is 0 Å². The average molecular weight is 272 g/mol. The molecule has 7 nitrogen and oxygen atoms in total. The van der Waals surface area contributed by atoms with Crippen LogP contribution >= 0.6 is 0 Å². The van der Waals surface area contributed by atoms with Gasteiger partial charge in [0, 0.05) is 12.1 Å². The minimum absolute atomic E-state index is 0.0117. The zero-order valence-electron chi connectivity index (χ0n) is 10.7. The highest BCUT2D eigenvalue weighted by atomic mass is 16.6. The lowest BCUT2D eigenvalue weighted by molar-refractivity contribution is -0.384. The smallest absolute Gasteiger partial charge is 0.269 e. The van der Waals surface area contributed by atoms with Gasteiger partial charge in [-0.05, 0) is 30.3 Å². The van der Waals surface area contributed by atoms with Gasteiger partial charge in [-0.1, -0.05) is 0 Å². The van der Waals surface area contributed by atoms with Crippen LogP contribution in [-0.2, 0) is 0 Å². The Hall–Kier alpha value is -2.96. The van der Waals surface area contributed by atoms with Gasteiger partial charge in [-0.15, -0.1) is 0 Å². The number of nitrogens with zero attached hydrogens (tertiary/aromatic N) is 3. The normalized spacial score (nSPS) is 10.7. The van der Waals surface area contributed by atoms with Crippen molar-refractivity contribution >= 4 is 22.7 Å². The summed E-state index contributed by atoms with van der Waals surface area (Å²) in [7, 11) is 1.53. The first-order valence-corrected chi connectivity index (χ1v) is 5.70. The van der Waals surface area contributed by atoms with Crippen molar-refractivity contribution in [3.05, 3.63) is 52.6 Å². The summed E-state index contributed by atoms with van der Waals surface area (Å²) in [6, 6.07) is 10.8. The third-order valence-electron chi connectivity index (χ3n) is 2.55. The molecule has 0 spiro atoms. The summed E-state index contributed by atoms with van der Waals surface area (Å²) < 4.78 is 5.04. The molecule has 20 heavy (non-hydrogen) atoms. The molecule has 2 aromatic carbocycles. The molecule has 0 saturated carbocycles. The fraction of sp³-hybridized carbons (Fsp3) is 0.0769. The van der Waals surface area contributed by atoms with Gasteiger partial charge in [0.2, 0.25) is 0 Å². The van der Waals surface area contributed by atoms with Gasteiger partial charge >= 0.3 is 0 Å². The number of benzene rings is 2. The molecule has 0 atom stereocenters. The van der Waals surface area contributed by atoms with E-state index in [1.165, 1.54) is 31.4 Å². The molecular formula is C13H12N4O3. The first kappa shape index (κ1) is 13.5. The van der Waals surface area contributed by atoms with E-state index in [0.29, 0.717) is 22.8 Å². The molecule has 0 bridgehead atoms. The number of hydrogen-bond acceptors (Lipinski definition) is 6. The molecule has 0 fully saturated rings. The molecule has 0 saturated heterocycles. The Morgan fingerprint density at radius 2 is 1.70 bits per heavy atom. The Morgan fingerprint density at radius 1 is 1.10 bits per heavy atom. The summed E-state index contributed by atoms with van der Waals surface area (Å²) in [6.07, 6.45) is 0. The SMILES string of the molecule is COc1ccc(N=Nc2ccc([N+](=O)[O-])cc2)cc1N. The van der Waals surface area contributed by atoms with Gasteiger partial charge < -0.3 is 10.5 Å². The summed E-state index contributed by atoms with van der Waals surface area (Å²) in [5.41, 5.74) is 7.32. The van der Waals surface area contributed by atoms with Crippen molar-refractivity contribution in [1.82, 2.24) is 0 Å². The Bertz CT molecular complexity index is 653. The van der Waals surface area contributed by atoms with Gasteiger partial charge in [-0.3, -0.25) is 10.1 Å². The van der Waals surface area contributed by atoms with E-state index < -0.39 is 4.92 Å². The monoisotopic (exact) mass is 272 g/mol. The topological polar surface area (TPSA) is 103 Å². The number of methoxy groups -OCH3 is 1. The van der Waals surface area contributed by atoms with Gasteiger partial charge in [0.1, 0.15) is 5.75 Å². The van der Waals surface area contributed by atoms with Crippen LogP contribution in [0.5, 0.6) is 5.75 Å². The van der Waals surface area contributed by atoms with Crippen LogP contribution in [0.25, 0.3) is 0 Å². The highest BCUT2D eigenvalue weighted by molar-refractivity contribution is 5.60. The second-order valence-corrected chi connectivity index (χ2v) is 3.90. The van der Waals surface area contributed by atoms with Gasteiger partial charge in [0.05, 0.1) is 29.1 Å². The lowest BCUT2D eigenvalue weighted by Gasteiger charge is -2.03. The summed E-state index contributed by atoms with van der Waals surface area (Å²) in [5, 5.41) is 18.5. The maximum atomic E-state index is 10.5. The van der Waals surface area contributed by atoms with Crippen molar-refractivity contribution in [3.8, 4) is 5.75 Å². The number of nitrogens with two attached hydrogens (primary N) is 1. The zero-order valence-corrected chi connectivity index (χ0v) is 10.7. The van der Waals surface area contributed by atoms with Crippen molar-refractivity contribution in [2.45, 2.75) is 0 Å². The van der Waals surface area contributed by atoms with E-state index in [1.807, 2.05) is 0 Å². The maximum Gasteiger partial charge on any atom is 0.269 e. The van der Waals surface area contributed by atoms with Crippen molar-refractivity contribution in [1.29, 1.82) is 0 Å². The Kier molecular flexibility index (Phi) is 3.90. The van der Waals surface area contributed by atoms with Gasteiger partial charge in [0.15, 0.2) is 0 Å². The minimum atomic E-state index is -0.467. The highest BCUT2D eigenvalue weighted by Gasteiger charge is 2.03. The Balaban J connectivity index is 2.16. The number of azo groups is 1. The van der Waals surface area contributed by atoms with E-state index in [2.05, 4.69) is 10.2 Å². The summed E-state index contributed by atoms with van der Waals surface area (Å²) in [4.78, 5) is 10.0. The fourth-order valence-corrected chi connectivity index (χ4v) is 1.54. The molecule has 0 unspecified atom stereocenters. The van der Waals surface area contributed by atoms with Crippen LogP contribution in [-0.4, -0.2) is 12.0 Å². The first-order chi connectivity index (χ1) is 9.60. The zero-order chi connectivity index (χ0) is 14.5. The van der Waals surface area contributed by atoms with E-state index in [1.54, 1.807) is 18.2 Å². The number of rotatable bonds is 4. The number of anilines is 1. The van der Waals surface area contributed by atoms with Crippen molar-refractivity contribution < 1.29 is 9.66 Å².